The fraction of sp³-hybridized carbons (Fsp3) is 0.947. The van der Waals surface area contributed by atoms with Crippen LogP contribution in [0.15, 0.2) is 5.16 Å². The Morgan fingerprint density at radius 3 is 2.23 bits per heavy atom. The van der Waals surface area contributed by atoms with Gasteiger partial charge in [0.1, 0.15) is 7.11 Å². The monoisotopic (exact) mass is 308 g/mol. The molecule has 2 rings (SSSR count). The zero-order valence-corrected chi connectivity index (χ0v) is 14.9. The van der Waals surface area contributed by atoms with Crippen LogP contribution in [0.4, 0.5) is 0 Å². The van der Waals surface area contributed by atoms with Crippen molar-refractivity contribution in [1.82, 2.24) is 4.90 Å². The van der Waals surface area contributed by atoms with Crippen LogP contribution in [0.1, 0.15) is 77.0 Å². The van der Waals surface area contributed by atoms with Crippen molar-refractivity contribution >= 4 is 5.71 Å². The zero-order valence-electron chi connectivity index (χ0n) is 14.9. The van der Waals surface area contributed by atoms with Crippen LogP contribution in [-0.4, -0.2) is 37.9 Å². The number of nitrogens with zero attached hydrogens (tertiary/aromatic N) is 2. The van der Waals surface area contributed by atoms with E-state index in [4.69, 9.17) is 4.84 Å². The first kappa shape index (κ1) is 17.8. The molecule has 1 heterocycles. The quantitative estimate of drug-likeness (QED) is 0.680. The molecular formula is C19H36N2O. The Kier molecular flexibility index (Phi) is 8.28. The van der Waals surface area contributed by atoms with E-state index in [1.54, 1.807) is 7.11 Å². The highest BCUT2D eigenvalue weighted by molar-refractivity contribution is 5.86. The molecule has 1 unspecified atom stereocenters. The summed E-state index contributed by atoms with van der Waals surface area (Å²) in [6.07, 6.45) is 16.4. The predicted octanol–water partition coefficient (Wildman–Crippen LogP) is 4.86. The van der Waals surface area contributed by atoms with Gasteiger partial charge in [-0.15, -0.1) is 0 Å². The van der Waals surface area contributed by atoms with Crippen molar-refractivity contribution in [2.24, 2.45) is 17.0 Å². The first-order valence-corrected chi connectivity index (χ1v) is 9.59. The standard InChI is InChI=1S/C19H36N2O/c1-21-15-11-7-10-14-19(20-22-2)18(16-21)17-12-8-5-3-4-6-9-13-17/h17-18H,3-16H2,1-2H3. The van der Waals surface area contributed by atoms with Gasteiger partial charge in [-0.2, -0.15) is 0 Å². The lowest BCUT2D eigenvalue weighted by atomic mass is 9.80. The molecule has 1 aliphatic carbocycles. The molecule has 0 aromatic heterocycles. The Morgan fingerprint density at radius 1 is 0.909 bits per heavy atom. The van der Waals surface area contributed by atoms with Crippen LogP contribution < -0.4 is 0 Å². The highest BCUT2D eigenvalue weighted by Crippen LogP contribution is 2.31. The normalized spacial score (nSPS) is 29.7. The summed E-state index contributed by atoms with van der Waals surface area (Å²) in [5.41, 5.74) is 1.35. The summed E-state index contributed by atoms with van der Waals surface area (Å²) in [6, 6.07) is 0. The maximum atomic E-state index is 5.22. The molecule has 1 aliphatic heterocycles. The van der Waals surface area contributed by atoms with Gasteiger partial charge in [0.15, 0.2) is 0 Å². The van der Waals surface area contributed by atoms with Crippen molar-refractivity contribution in [2.45, 2.75) is 77.0 Å². The second-order valence-electron chi connectivity index (χ2n) is 7.40. The van der Waals surface area contributed by atoms with Gasteiger partial charge in [-0.05, 0) is 51.6 Å². The lowest BCUT2D eigenvalue weighted by molar-refractivity contribution is 0.199. The summed E-state index contributed by atoms with van der Waals surface area (Å²) in [5, 5.41) is 4.49. The number of rotatable bonds is 2. The highest BCUT2D eigenvalue weighted by Gasteiger charge is 2.28. The van der Waals surface area contributed by atoms with Gasteiger partial charge in [0, 0.05) is 12.5 Å². The molecule has 128 valence electrons. The maximum absolute atomic E-state index is 5.22. The van der Waals surface area contributed by atoms with Crippen LogP contribution >= 0.6 is 0 Å². The SMILES string of the molecule is CON=C1CCCCCN(C)CC1C1CCCCCCCC1. The van der Waals surface area contributed by atoms with Gasteiger partial charge in [0.25, 0.3) is 0 Å². The smallest absolute Gasteiger partial charge is 0.106 e. The van der Waals surface area contributed by atoms with Crippen molar-refractivity contribution in [3.8, 4) is 0 Å². The highest BCUT2D eigenvalue weighted by atomic mass is 16.6. The van der Waals surface area contributed by atoms with Crippen molar-refractivity contribution in [1.29, 1.82) is 0 Å². The molecule has 0 bridgehead atoms. The van der Waals surface area contributed by atoms with E-state index in [1.165, 1.54) is 89.4 Å². The summed E-state index contributed by atoms with van der Waals surface area (Å²) in [4.78, 5) is 7.76. The summed E-state index contributed by atoms with van der Waals surface area (Å²) in [6.45, 7) is 2.41. The van der Waals surface area contributed by atoms with E-state index in [0.717, 1.165) is 12.3 Å². The predicted molar refractivity (Wildman–Crippen MR) is 94.3 cm³/mol. The fourth-order valence-electron chi connectivity index (χ4n) is 4.30. The molecule has 0 aromatic carbocycles. The van der Waals surface area contributed by atoms with Gasteiger partial charge in [0.2, 0.25) is 0 Å². The molecule has 3 nitrogen and oxygen atoms in total. The third-order valence-electron chi connectivity index (χ3n) is 5.59. The minimum absolute atomic E-state index is 0.612. The molecule has 1 atom stereocenters. The molecule has 22 heavy (non-hydrogen) atoms. The van der Waals surface area contributed by atoms with Crippen LogP contribution in [0, 0.1) is 11.8 Å². The van der Waals surface area contributed by atoms with Gasteiger partial charge in [-0.25, -0.2) is 0 Å². The largest absolute Gasteiger partial charge is 0.399 e. The topological polar surface area (TPSA) is 24.8 Å². The first-order chi connectivity index (χ1) is 10.8. The Balaban J connectivity index is 2.11. The molecule has 0 radical (unpaired) electrons. The van der Waals surface area contributed by atoms with Crippen molar-refractivity contribution < 1.29 is 4.84 Å². The molecule has 3 heteroatoms. The molecular weight excluding hydrogens is 272 g/mol. The van der Waals surface area contributed by atoms with Gasteiger partial charge in [-0.3, -0.25) is 0 Å². The van der Waals surface area contributed by atoms with Crippen molar-refractivity contribution in [2.75, 3.05) is 27.2 Å². The number of hydrogen-bond donors (Lipinski definition) is 0. The number of oxime groups is 1. The average Bonchev–Trinajstić information content (AvgIpc) is 2.69. The summed E-state index contributed by atoms with van der Waals surface area (Å²) < 4.78 is 0. The maximum Gasteiger partial charge on any atom is 0.106 e. The van der Waals surface area contributed by atoms with Crippen LogP contribution in [0.3, 0.4) is 0 Å². The van der Waals surface area contributed by atoms with Gasteiger partial charge < -0.3 is 9.74 Å². The Bertz CT molecular complexity index is 319. The minimum Gasteiger partial charge on any atom is -0.399 e. The van der Waals surface area contributed by atoms with Gasteiger partial charge in [0.05, 0.1) is 5.71 Å². The Morgan fingerprint density at radius 2 is 1.55 bits per heavy atom. The molecule has 1 saturated heterocycles. The van der Waals surface area contributed by atoms with E-state index in [0.29, 0.717) is 5.92 Å². The molecule has 2 aliphatic rings. The molecule has 0 aromatic rings. The summed E-state index contributed by atoms with van der Waals surface area (Å²) >= 11 is 0. The Labute approximate surface area is 137 Å². The van der Waals surface area contributed by atoms with Crippen LogP contribution in [0.5, 0.6) is 0 Å². The van der Waals surface area contributed by atoms with E-state index in [2.05, 4.69) is 17.1 Å². The van der Waals surface area contributed by atoms with E-state index in [1.807, 2.05) is 0 Å². The van der Waals surface area contributed by atoms with E-state index < -0.39 is 0 Å². The summed E-state index contributed by atoms with van der Waals surface area (Å²) in [7, 11) is 4.00. The van der Waals surface area contributed by atoms with Gasteiger partial charge >= 0.3 is 0 Å². The van der Waals surface area contributed by atoms with Crippen LogP contribution in [0.2, 0.25) is 0 Å². The van der Waals surface area contributed by atoms with E-state index in [-0.39, 0.29) is 0 Å². The molecule has 0 amide bonds. The first-order valence-electron chi connectivity index (χ1n) is 9.59. The average molecular weight is 309 g/mol. The second-order valence-corrected chi connectivity index (χ2v) is 7.40. The fourth-order valence-corrected chi connectivity index (χ4v) is 4.30. The lowest BCUT2D eigenvalue weighted by Gasteiger charge is -2.31. The third-order valence-corrected chi connectivity index (χ3v) is 5.59. The van der Waals surface area contributed by atoms with E-state index >= 15 is 0 Å². The van der Waals surface area contributed by atoms with Crippen LogP contribution in [0.25, 0.3) is 0 Å². The number of hydrogen-bond acceptors (Lipinski definition) is 3. The molecule has 1 saturated carbocycles. The summed E-state index contributed by atoms with van der Waals surface area (Å²) in [5.74, 6) is 1.42. The Hall–Kier alpha value is -0.570. The third kappa shape index (κ3) is 5.91. The van der Waals surface area contributed by atoms with Gasteiger partial charge in [-0.1, -0.05) is 50.1 Å². The zero-order chi connectivity index (χ0) is 15.6. The second kappa shape index (κ2) is 10.3. The lowest BCUT2D eigenvalue weighted by Crippen LogP contribution is -2.35. The minimum atomic E-state index is 0.612. The van der Waals surface area contributed by atoms with E-state index in [9.17, 15) is 0 Å². The van der Waals surface area contributed by atoms with Crippen molar-refractivity contribution in [3.05, 3.63) is 0 Å². The molecule has 0 N–H and O–H groups in total. The van der Waals surface area contributed by atoms with Crippen molar-refractivity contribution in [3.63, 3.8) is 0 Å². The molecule has 0 spiro atoms. The van der Waals surface area contributed by atoms with Crippen LogP contribution in [-0.2, 0) is 4.84 Å². The molecule has 2 fully saturated rings.